The maximum Gasteiger partial charge on any atom is 0.418 e. The van der Waals surface area contributed by atoms with Gasteiger partial charge in [0.1, 0.15) is 0 Å². The van der Waals surface area contributed by atoms with Gasteiger partial charge in [-0.05, 0) is 0 Å². The number of carbonyl (C=O) groups excluding carboxylic acids is 2. The Morgan fingerprint density at radius 3 is 0.800 bits per heavy atom. The summed E-state index contributed by atoms with van der Waals surface area (Å²) in [5.74, 6) is -17.2. The molecule has 0 saturated heterocycles. The van der Waals surface area contributed by atoms with Gasteiger partial charge < -0.3 is 40.1 Å². The molecule has 0 unspecified atom stereocenters. The Labute approximate surface area is 164 Å². The van der Waals surface area contributed by atoms with Crippen molar-refractivity contribution in [2.45, 2.75) is 36.9 Å². The number of hydrogen-bond acceptors (Lipinski definition) is 10. The van der Waals surface area contributed by atoms with Crippen molar-refractivity contribution in [3.8, 4) is 0 Å². The number of ether oxygens (including phenoxy) is 2. The molecule has 6 N–H and O–H groups in total. The average molecular weight is 438 g/mol. The quantitative estimate of drug-likeness (QED) is 0.137. The topological polar surface area (TPSA) is 276 Å². The molecule has 0 aliphatic rings. The average Bonchev–Trinajstić information content (AvgIpc) is 2.51. The van der Waals surface area contributed by atoms with E-state index < -0.39 is 84.6 Å². The van der Waals surface area contributed by atoms with Gasteiger partial charge in [-0.1, -0.05) is 0 Å². The lowest BCUT2D eigenvalue weighted by Gasteiger charge is -2.28. The maximum absolute atomic E-state index is 11.9. The fraction of sp³-hybridized carbons (Fsp3) is 0.429. The normalized spacial score (nSPS) is 11.1. The lowest BCUT2D eigenvalue weighted by molar-refractivity contribution is -0.201. The summed E-state index contributed by atoms with van der Waals surface area (Å²) in [5, 5.41) is 53.2. The second kappa shape index (κ2) is 9.80. The second-order valence-electron chi connectivity index (χ2n) is 5.66. The molecule has 0 aliphatic heterocycles. The van der Waals surface area contributed by atoms with Crippen molar-refractivity contribution in [3.63, 3.8) is 0 Å². The van der Waals surface area contributed by atoms with E-state index in [0.29, 0.717) is 0 Å². The van der Waals surface area contributed by atoms with Gasteiger partial charge in [-0.15, -0.1) is 0 Å². The number of esters is 2. The minimum Gasteiger partial charge on any atom is -0.481 e. The van der Waals surface area contributed by atoms with E-state index in [0.717, 1.165) is 0 Å². The number of rotatable bonds is 12. The van der Waals surface area contributed by atoms with Crippen molar-refractivity contribution in [2.24, 2.45) is 0 Å². The van der Waals surface area contributed by atoms with Gasteiger partial charge in [0.05, 0.1) is 25.7 Å². The molecule has 0 saturated carbocycles. The van der Waals surface area contributed by atoms with Crippen LogP contribution in [0.25, 0.3) is 0 Å². The van der Waals surface area contributed by atoms with Crippen molar-refractivity contribution in [1.82, 2.24) is 0 Å². The van der Waals surface area contributed by atoms with Gasteiger partial charge in [-0.3, -0.25) is 19.2 Å². The van der Waals surface area contributed by atoms with Crippen LogP contribution in [0.3, 0.4) is 0 Å². The fourth-order valence-corrected chi connectivity index (χ4v) is 2.07. The molecule has 0 rings (SSSR count). The lowest BCUT2D eigenvalue weighted by atomic mass is 9.95. The first-order valence-electron chi connectivity index (χ1n) is 7.37. The molecule has 16 nitrogen and oxygen atoms in total. The predicted molar refractivity (Wildman–Crippen MR) is 81.9 cm³/mol. The van der Waals surface area contributed by atoms with Gasteiger partial charge in [0.25, 0.3) is 0 Å². The number of carboxylic acid groups (broad SMARTS) is 6. The van der Waals surface area contributed by atoms with Crippen LogP contribution in [-0.2, 0) is 47.8 Å². The summed E-state index contributed by atoms with van der Waals surface area (Å²) in [5.41, 5.74) is -6.64. The number of carboxylic acids is 6. The third-order valence-corrected chi connectivity index (χ3v) is 3.27. The predicted octanol–water partition coefficient (Wildman–Crippen LogP) is -2.38. The Kier molecular flexibility index (Phi) is 8.42. The van der Waals surface area contributed by atoms with Crippen molar-refractivity contribution < 1.29 is 78.5 Å². The summed E-state index contributed by atoms with van der Waals surface area (Å²) in [6.45, 7) is 0. The second-order valence-corrected chi connectivity index (χ2v) is 5.66. The van der Waals surface area contributed by atoms with Crippen molar-refractivity contribution in [1.29, 1.82) is 0 Å². The molecule has 0 fully saturated rings. The summed E-state index contributed by atoms with van der Waals surface area (Å²) in [6, 6.07) is 0. The fourth-order valence-electron chi connectivity index (χ4n) is 2.07. The van der Waals surface area contributed by atoms with Gasteiger partial charge in [0.15, 0.2) is 0 Å². The standard InChI is InChI=1S/C14H14O16/c15-5(16)1-13(11(25)26,2-6(17)18)29-9(23)10(24)30-14(12(27)28,3-7(19)20)4-8(21)22/h1-4H2,(H,15,16)(H,17,18)(H,19,20)(H,21,22)(H,25,26)(H,27,28). The van der Waals surface area contributed by atoms with E-state index in [-0.39, 0.29) is 0 Å². The zero-order chi connectivity index (χ0) is 23.9. The zero-order valence-electron chi connectivity index (χ0n) is 14.6. The Balaban J connectivity index is 5.97. The van der Waals surface area contributed by atoms with E-state index in [9.17, 15) is 38.4 Å². The zero-order valence-corrected chi connectivity index (χ0v) is 14.6. The number of carbonyl (C=O) groups is 8. The highest BCUT2D eigenvalue weighted by atomic mass is 16.6. The molecule has 0 aromatic heterocycles. The van der Waals surface area contributed by atoms with E-state index in [2.05, 4.69) is 9.47 Å². The van der Waals surface area contributed by atoms with Crippen LogP contribution in [0.2, 0.25) is 0 Å². The summed E-state index contributed by atoms with van der Waals surface area (Å²) in [6.07, 6.45) is -6.55. The molecule has 0 aromatic rings. The summed E-state index contributed by atoms with van der Waals surface area (Å²) >= 11 is 0. The molecule has 0 atom stereocenters. The van der Waals surface area contributed by atoms with E-state index in [1.165, 1.54) is 0 Å². The first-order chi connectivity index (χ1) is 13.6. The highest BCUT2D eigenvalue weighted by Gasteiger charge is 2.52. The number of hydrogen-bond donors (Lipinski definition) is 6. The van der Waals surface area contributed by atoms with Gasteiger partial charge in [0.2, 0.25) is 11.2 Å². The molecule has 0 aromatic carbocycles. The van der Waals surface area contributed by atoms with Crippen LogP contribution in [0.15, 0.2) is 0 Å². The molecular formula is C14H14O16. The van der Waals surface area contributed by atoms with Gasteiger partial charge in [0, 0.05) is 0 Å². The maximum atomic E-state index is 11.9. The van der Waals surface area contributed by atoms with E-state index in [4.69, 9.17) is 30.6 Å². The van der Waals surface area contributed by atoms with Crippen LogP contribution in [0, 0.1) is 0 Å². The lowest BCUT2D eigenvalue weighted by Crippen LogP contribution is -2.51. The molecule has 16 heteroatoms. The third-order valence-electron chi connectivity index (χ3n) is 3.27. The van der Waals surface area contributed by atoms with Gasteiger partial charge >= 0.3 is 47.8 Å². The van der Waals surface area contributed by atoms with E-state index in [1.807, 2.05) is 0 Å². The Bertz CT molecular complexity index is 694. The molecular weight excluding hydrogens is 424 g/mol. The van der Waals surface area contributed by atoms with Crippen LogP contribution in [0.5, 0.6) is 0 Å². The van der Waals surface area contributed by atoms with Gasteiger partial charge in [-0.2, -0.15) is 0 Å². The SMILES string of the molecule is O=C(O)CC(CC(=O)O)(OC(=O)C(=O)OC(CC(=O)O)(CC(=O)O)C(=O)O)C(=O)O. The van der Waals surface area contributed by atoms with Crippen molar-refractivity contribution in [2.75, 3.05) is 0 Å². The van der Waals surface area contributed by atoms with Crippen LogP contribution < -0.4 is 0 Å². The van der Waals surface area contributed by atoms with E-state index in [1.54, 1.807) is 0 Å². The Morgan fingerprint density at radius 2 is 0.667 bits per heavy atom. The third kappa shape index (κ3) is 7.06. The molecule has 0 bridgehead atoms. The van der Waals surface area contributed by atoms with Crippen molar-refractivity contribution >= 4 is 47.8 Å². The first-order valence-corrected chi connectivity index (χ1v) is 7.37. The minimum absolute atomic E-state index is 1.64. The Morgan fingerprint density at radius 1 is 0.467 bits per heavy atom. The monoisotopic (exact) mass is 438 g/mol. The molecule has 30 heavy (non-hydrogen) atoms. The largest absolute Gasteiger partial charge is 0.481 e. The van der Waals surface area contributed by atoms with E-state index >= 15 is 0 Å². The molecule has 0 amide bonds. The Hall–Kier alpha value is -4.24. The van der Waals surface area contributed by atoms with Crippen LogP contribution in [-0.4, -0.2) is 89.6 Å². The summed E-state index contributed by atoms with van der Waals surface area (Å²) < 4.78 is 8.31. The van der Waals surface area contributed by atoms with Gasteiger partial charge in [-0.25, -0.2) is 19.2 Å². The minimum atomic E-state index is -3.32. The highest BCUT2D eigenvalue weighted by Crippen LogP contribution is 2.26. The highest BCUT2D eigenvalue weighted by molar-refractivity contribution is 6.30. The van der Waals surface area contributed by atoms with Crippen LogP contribution >= 0.6 is 0 Å². The molecule has 166 valence electrons. The molecule has 0 heterocycles. The number of aliphatic carboxylic acids is 6. The molecule has 0 aliphatic carbocycles. The molecule has 0 radical (unpaired) electrons. The summed E-state index contributed by atoms with van der Waals surface area (Å²) in [7, 11) is 0. The molecule has 0 spiro atoms. The van der Waals surface area contributed by atoms with Crippen LogP contribution in [0.1, 0.15) is 25.7 Å². The summed E-state index contributed by atoms with van der Waals surface area (Å²) in [4.78, 5) is 89.8. The van der Waals surface area contributed by atoms with Crippen molar-refractivity contribution in [3.05, 3.63) is 0 Å². The smallest absolute Gasteiger partial charge is 0.418 e. The first kappa shape index (κ1) is 25.8. The van der Waals surface area contributed by atoms with Crippen LogP contribution in [0.4, 0.5) is 0 Å².